The Morgan fingerprint density at radius 2 is 0.763 bits per heavy atom. The van der Waals surface area contributed by atoms with Crippen molar-refractivity contribution in [2.24, 2.45) is 5.73 Å². The lowest BCUT2D eigenvalue weighted by Crippen LogP contribution is -2.26. The Kier molecular flexibility index (Phi) is 28.4. The molecule has 0 aromatic rings. The molecule has 0 aliphatic heterocycles. The zero-order valence-electron chi connectivity index (χ0n) is 23.9. The molecule has 228 valence electrons. The number of carbonyl (C=O) groups is 1. The minimum Gasteiger partial charge on any atom is -0.458 e. The largest absolute Gasteiger partial charge is 0.458 e. The predicted octanol–water partition coefficient (Wildman–Crippen LogP) is 1.22. The highest BCUT2D eigenvalue weighted by atomic mass is 16.6. The summed E-state index contributed by atoms with van der Waals surface area (Å²) in [4.78, 5) is 11.5. The summed E-state index contributed by atoms with van der Waals surface area (Å²) < 4.78 is 53.7. The van der Waals surface area contributed by atoms with Crippen LogP contribution in [0.1, 0.15) is 33.6 Å². The van der Waals surface area contributed by atoms with Crippen LogP contribution in [0, 0.1) is 0 Å². The number of unbranched alkanes of at least 4 members (excludes halogenated alkanes) is 1. The Labute approximate surface area is 228 Å². The fourth-order valence-corrected chi connectivity index (χ4v) is 2.66. The molecule has 0 rings (SSSR count). The molecular formula is C26H53NO11. The van der Waals surface area contributed by atoms with E-state index in [4.69, 9.17) is 53.1 Å². The number of carbonyl (C=O) groups excluding carboxylic acids is 1. The van der Waals surface area contributed by atoms with Gasteiger partial charge in [-0.25, -0.2) is 4.79 Å². The first kappa shape index (κ1) is 37.1. The van der Waals surface area contributed by atoms with Gasteiger partial charge in [0.2, 0.25) is 0 Å². The number of hydrogen-bond donors (Lipinski definition) is 1. The summed E-state index contributed by atoms with van der Waals surface area (Å²) >= 11 is 0. The number of rotatable bonds is 30. The number of ether oxygens (including phenoxy) is 10. The van der Waals surface area contributed by atoms with Crippen molar-refractivity contribution in [1.29, 1.82) is 0 Å². The van der Waals surface area contributed by atoms with Gasteiger partial charge in [0.1, 0.15) is 12.2 Å². The molecule has 0 saturated carbocycles. The van der Waals surface area contributed by atoms with E-state index in [1.54, 1.807) is 0 Å². The smallest absolute Gasteiger partial charge is 0.332 e. The number of nitrogens with two attached hydrogens (primary N) is 1. The lowest BCUT2D eigenvalue weighted by molar-refractivity contribution is -0.160. The second-order valence-corrected chi connectivity index (χ2v) is 9.03. The first-order chi connectivity index (χ1) is 18.5. The molecule has 0 atom stereocenters. The molecule has 0 aromatic carbocycles. The van der Waals surface area contributed by atoms with E-state index >= 15 is 0 Å². The quantitative estimate of drug-likeness (QED) is 0.101. The van der Waals surface area contributed by atoms with Crippen LogP contribution in [0.3, 0.4) is 0 Å². The third-order valence-corrected chi connectivity index (χ3v) is 4.33. The molecule has 38 heavy (non-hydrogen) atoms. The maximum Gasteiger partial charge on any atom is 0.332 e. The van der Waals surface area contributed by atoms with Crippen LogP contribution in [0.5, 0.6) is 0 Å². The molecule has 0 heterocycles. The summed E-state index contributed by atoms with van der Waals surface area (Å²) in [5.74, 6) is -0.343. The molecule has 12 heteroatoms. The molecule has 12 nitrogen and oxygen atoms in total. The van der Waals surface area contributed by atoms with E-state index in [1.165, 1.54) is 0 Å². The van der Waals surface area contributed by atoms with Crippen molar-refractivity contribution >= 4 is 5.97 Å². The van der Waals surface area contributed by atoms with Gasteiger partial charge in [-0.1, -0.05) is 0 Å². The van der Waals surface area contributed by atoms with Gasteiger partial charge in [-0.05, 0) is 33.6 Å². The van der Waals surface area contributed by atoms with Crippen LogP contribution in [0.15, 0.2) is 0 Å². The van der Waals surface area contributed by atoms with Crippen LogP contribution in [0.4, 0.5) is 0 Å². The minimum atomic E-state index is -0.484. The molecule has 0 fully saturated rings. The summed E-state index contributed by atoms with van der Waals surface area (Å²) in [5, 5.41) is 0. The molecule has 0 bridgehead atoms. The normalized spacial score (nSPS) is 11.8. The molecule has 0 aliphatic carbocycles. The Morgan fingerprint density at radius 3 is 1.08 bits per heavy atom. The minimum absolute atomic E-state index is 0.0179. The van der Waals surface area contributed by atoms with E-state index in [2.05, 4.69) is 0 Å². The maximum absolute atomic E-state index is 11.5. The van der Waals surface area contributed by atoms with Crippen molar-refractivity contribution in [1.82, 2.24) is 0 Å². The van der Waals surface area contributed by atoms with Crippen LogP contribution in [-0.2, 0) is 52.2 Å². The predicted molar refractivity (Wildman–Crippen MR) is 142 cm³/mol. The maximum atomic E-state index is 11.5. The lowest BCUT2D eigenvalue weighted by atomic mass is 10.2. The van der Waals surface area contributed by atoms with Gasteiger partial charge in [0, 0.05) is 19.8 Å². The number of hydrogen-bond acceptors (Lipinski definition) is 12. The van der Waals surface area contributed by atoms with Crippen LogP contribution in [0.25, 0.3) is 0 Å². The van der Waals surface area contributed by atoms with Crippen molar-refractivity contribution in [3.05, 3.63) is 0 Å². The van der Waals surface area contributed by atoms with Gasteiger partial charge in [-0.2, -0.15) is 0 Å². The zero-order valence-corrected chi connectivity index (χ0v) is 23.9. The van der Waals surface area contributed by atoms with Gasteiger partial charge < -0.3 is 53.1 Å². The van der Waals surface area contributed by atoms with Crippen molar-refractivity contribution in [2.45, 2.75) is 39.2 Å². The van der Waals surface area contributed by atoms with Gasteiger partial charge in [0.25, 0.3) is 0 Å². The zero-order chi connectivity index (χ0) is 28.0. The van der Waals surface area contributed by atoms with Gasteiger partial charge in [0.15, 0.2) is 0 Å². The average molecular weight is 556 g/mol. The van der Waals surface area contributed by atoms with E-state index in [1.807, 2.05) is 20.8 Å². The van der Waals surface area contributed by atoms with Crippen LogP contribution in [-0.4, -0.2) is 137 Å². The molecule has 0 aromatic heterocycles. The van der Waals surface area contributed by atoms with Crippen molar-refractivity contribution in [2.75, 3.05) is 125 Å². The van der Waals surface area contributed by atoms with Gasteiger partial charge >= 0.3 is 5.97 Å². The monoisotopic (exact) mass is 555 g/mol. The molecular weight excluding hydrogens is 502 g/mol. The molecule has 0 aliphatic rings. The fourth-order valence-electron chi connectivity index (χ4n) is 2.66. The summed E-state index contributed by atoms with van der Waals surface area (Å²) in [6, 6.07) is 0. The first-order valence-electron chi connectivity index (χ1n) is 13.6. The van der Waals surface area contributed by atoms with E-state index in [0.717, 1.165) is 12.8 Å². The molecule has 0 saturated heterocycles. The van der Waals surface area contributed by atoms with E-state index < -0.39 is 5.60 Å². The summed E-state index contributed by atoms with van der Waals surface area (Å²) in [6.07, 6.45) is 1.68. The molecule has 2 N–H and O–H groups in total. The second kappa shape index (κ2) is 29.1. The average Bonchev–Trinajstić information content (AvgIpc) is 2.86. The fraction of sp³-hybridized carbons (Fsp3) is 0.962. The Balaban J connectivity index is 3.09. The molecule has 0 unspecified atom stereocenters. The van der Waals surface area contributed by atoms with E-state index in [9.17, 15) is 4.79 Å². The van der Waals surface area contributed by atoms with E-state index in [0.29, 0.717) is 119 Å². The van der Waals surface area contributed by atoms with Crippen molar-refractivity contribution < 1.29 is 52.2 Å². The van der Waals surface area contributed by atoms with E-state index in [-0.39, 0.29) is 12.6 Å². The van der Waals surface area contributed by atoms with Gasteiger partial charge in [0.05, 0.1) is 99.1 Å². The van der Waals surface area contributed by atoms with Crippen molar-refractivity contribution in [3.63, 3.8) is 0 Å². The highest BCUT2D eigenvalue weighted by molar-refractivity contribution is 5.71. The highest BCUT2D eigenvalue weighted by Gasteiger charge is 2.15. The number of esters is 1. The van der Waals surface area contributed by atoms with Crippen LogP contribution < -0.4 is 5.73 Å². The Bertz CT molecular complexity index is 492. The van der Waals surface area contributed by atoms with Gasteiger partial charge in [-0.15, -0.1) is 0 Å². The first-order valence-corrected chi connectivity index (χ1v) is 13.6. The van der Waals surface area contributed by atoms with Crippen LogP contribution >= 0.6 is 0 Å². The van der Waals surface area contributed by atoms with Crippen LogP contribution in [0.2, 0.25) is 0 Å². The summed E-state index contributed by atoms with van der Waals surface area (Å²) in [5.41, 5.74) is 4.84. The molecule has 0 amide bonds. The Morgan fingerprint density at radius 1 is 0.474 bits per heavy atom. The summed E-state index contributed by atoms with van der Waals surface area (Å²) in [7, 11) is 0. The standard InChI is InChI=1S/C26H53NO11/c1-26(2,3)38-25(28)24-37-8-5-4-7-29-10-12-31-14-16-33-18-20-35-22-23-36-21-19-34-17-15-32-13-11-30-9-6-27/h4-24,27H2,1-3H3. The Hall–Kier alpha value is -0.930. The second-order valence-electron chi connectivity index (χ2n) is 9.03. The SMILES string of the molecule is CC(C)(C)OC(=O)COCCCCOCCOCCOCCOCCOCCOCCOCCOCCN. The lowest BCUT2D eigenvalue weighted by Gasteiger charge is -2.19. The molecule has 0 radical (unpaired) electrons. The highest BCUT2D eigenvalue weighted by Crippen LogP contribution is 2.06. The third kappa shape index (κ3) is 33.1. The molecule has 0 spiro atoms. The van der Waals surface area contributed by atoms with Crippen molar-refractivity contribution in [3.8, 4) is 0 Å². The summed E-state index contributed by atoms with van der Waals surface area (Å²) in [6.45, 7) is 15.0. The van der Waals surface area contributed by atoms with Gasteiger partial charge in [-0.3, -0.25) is 0 Å². The third-order valence-electron chi connectivity index (χ3n) is 4.33. The topological polar surface area (TPSA) is 135 Å².